The van der Waals surface area contributed by atoms with Crippen LogP contribution >= 0.6 is 11.6 Å². The highest BCUT2D eigenvalue weighted by atomic mass is 35.5. The van der Waals surface area contributed by atoms with Gasteiger partial charge in [-0.05, 0) is 24.1 Å². The molecule has 3 atom stereocenters. The Morgan fingerprint density at radius 1 is 1.03 bits per heavy atom. The zero-order chi connectivity index (χ0) is 28.1. The molecule has 0 fully saturated rings. The summed E-state index contributed by atoms with van der Waals surface area (Å²) in [5.74, 6) is 1.07. The first-order valence-electron chi connectivity index (χ1n) is 12.2. The molecule has 1 spiro atoms. The van der Waals surface area contributed by atoms with Gasteiger partial charge in [0.1, 0.15) is 28.7 Å². The fourth-order valence-corrected chi connectivity index (χ4v) is 5.88. The number of hydrogen-bond donors (Lipinski definition) is 1. The molecule has 0 saturated carbocycles. The van der Waals surface area contributed by atoms with Gasteiger partial charge in [0.15, 0.2) is 17.2 Å². The van der Waals surface area contributed by atoms with Gasteiger partial charge in [0.25, 0.3) is 0 Å². The van der Waals surface area contributed by atoms with Gasteiger partial charge in [-0.25, -0.2) is 0 Å². The molecule has 39 heavy (non-hydrogen) atoms. The monoisotopic (exact) mass is 551 g/mol. The maximum absolute atomic E-state index is 14.5. The number of ether oxygens (including phenoxy) is 5. The van der Waals surface area contributed by atoms with Crippen molar-refractivity contribution in [3.63, 3.8) is 0 Å². The number of carbonyl (C=O) groups is 3. The molecule has 0 radical (unpaired) electrons. The first-order valence-corrected chi connectivity index (χ1v) is 12.6. The number of hydrogen-bond acceptors (Lipinski definition) is 8. The lowest BCUT2D eigenvalue weighted by Gasteiger charge is -2.41. The van der Waals surface area contributed by atoms with Crippen LogP contribution in [0.1, 0.15) is 41.6 Å². The number of halogens is 1. The number of benzene rings is 2. The maximum Gasteiger partial charge on any atom is 0.236 e. The molecule has 5 rings (SSSR count). The van der Waals surface area contributed by atoms with Crippen LogP contribution in [-0.4, -0.2) is 51.0 Å². The van der Waals surface area contributed by atoms with Crippen LogP contribution in [0.15, 0.2) is 35.5 Å². The summed E-state index contributed by atoms with van der Waals surface area (Å²) in [6, 6.07) is 6.62. The minimum absolute atomic E-state index is 0.00508. The predicted molar refractivity (Wildman–Crippen MR) is 141 cm³/mol. The summed E-state index contributed by atoms with van der Waals surface area (Å²) in [5, 5.41) is 2.91. The molecule has 2 aromatic rings. The highest BCUT2D eigenvalue weighted by molar-refractivity contribution is 6.36. The largest absolute Gasteiger partial charge is 0.496 e. The number of carbonyl (C=O) groups excluding carboxylic acids is 3. The molecule has 2 aliphatic heterocycles. The smallest absolute Gasteiger partial charge is 0.236 e. The molecule has 10 heteroatoms. The summed E-state index contributed by atoms with van der Waals surface area (Å²) in [5.41, 5.74) is -0.421. The SMILES string of the molecule is C#CCOc1cc([C@@H]2CC(=O)NC3=C2C(=O)[C@@]2(Oc4c(Cl)c(OC)cc(OC)c4C2=O)[C@H](C)C3)ccc1OC. The molecule has 1 N–H and O–H groups in total. The van der Waals surface area contributed by atoms with Gasteiger partial charge in [0.05, 0.1) is 21.3 Å². The van der Waals surface area contributed by atoms with Crippen LogP contribution < -0.4 is 29.0 Å². The second kappa shape index (κ2) is 9.86. The highest BCUT2D eigenvalue weighted by Crippen LogP contribution is 2.55. The van der Waals surface area contributed by atoms with E-state index in [2.05, 4.69) is 11.2 Å². The molecule has 2 heterocycles. The number of allylic oxidation sites excluding steroid dienone is 1. The average Bonchev–Trinajstić information content (AvgIpc) is 3.25. The zero-order valence-corrected chi connectivity index (χ0v) is 22.6. The molecule has 0 saturated heterocycles. The molecular weight excluding hydrogens is 526 g/mol. The summed E-state index contributed by atoms with van der Waals surface area (Å²) >= 11 is 6.54. The second-order valence-electron chi connectivity index (χ2n) is 9.50. The Bertz CT molecular complexity index is 1490. The molecule has 3 aliphatic rings. The summed E-state index contributed by atoms with van der Waals surface area (Å²) < 4.78 is 28.1. The highest BCUT2D eigenvalue weighted by Gasteiger charge is 2.63. The minimum atomic E-state index is -1.89. The van der Waals surface area contributed by atoms with Gasteiger partial charge in [0, 0.05) is 35.6 Å². The number of terminal acetylenes is 1. The molecule has 202 valence electrons. The van der Waals surface area contributed by atoms with Gasteiger partial charge in [-0.2, -0.15) is 0 Å². The summed E-state index contributed by atoms with van der Waals surface area (Å²) in [6.07, 6.45) is 5.56. The normalized spacial score (nSPS) is 23.4. The molecule has 0 unspecified atom stereocenters. The lowest BCUT2D eigenvalue weighted by molar-refractivity contribution is -0.131. The number of nitrogens with one attached hydrogen (secondary N) is 1. The van der Waals surface area contributed by atoms with Crippen molar-refractivity contribution in [2.75, 3.05) is 27.9 Å². The Morgan fingerprint density at radius 3 is 2.41 bits per heavy atom. The summed E-state index contributed by atoms with van der Waals surface area (Å²) in [7, 11) is 4.33. The van der Waals surface area contributed by atoms with E-state index in [1.807, 2.05) is 0 Å². The lowest BCUT2D eigenvalue weighted by atomic mass is 9.66. The Labute approximate surface area is 230 Å². The Hall–Kier alpha value is -4.16. The third-order valence-electron chi connectivity index (χ3n) is 7.46. The number of fused-ring (bicyclic) bond motifs is 1. The van der Waals surface area contributed by atoms with Gasteiger partial charge in [0.2, 0.25) is 23.1 Å². The average molecular weight is 552 g/mol. The van der Waals surface area contributed by atoms with Gasteiger partial charge < -0.3 is 29.0 Å². The van der Waals surface area contributed by atoms with Crippen LogP contribution in [0.4, 0.5) is 0 Å². The van der Waals surface area contributed by atoms with Crippen molar-refractivity contribution in [1.82, 2.24) is 5.32 Å². The predicted octanol–water partition coefficient (Wildman–Crippen LogP) is 3.86. The van der Waals surface area contributed by atoms with Crippen LogP contribution in [0.25, 0.3) is 0 Å². The van der Waals surface area contributed by atoms with E-state index in [4.69, 9.17) is 41.7 Å². The van der Waals surface area contributed by atoms with Crippen molar-refractivity contribution >= 4 is 29.1 Å². The quantitative estimate of drug-likeness (QED) is 0.426. The van der Waals surface area contributed by atoms with E-state index in [-0.39, 0.29) is 53.2 Å². The van der Waals surface area contributed by atoms with E-state index < -0.39 is 29.0 Å². The standard InChI is InChI=1S/C29H26ClNO8/c1-6-9-38-19-11-15(7-8-18(19)35-3)16-12-22(32)31-17-10-14(2)29(27(33)23(16)17)28(34)24-20(36-4)13-21(37-5)25(30)26(24)39-29/h1,7-8,11,13-14,16H,9-10,12H2,2-5H3,(H,31,32)/t14-,16+,29+/m1/s1. The molecular formula is C29H26ClNO8. The van der Waals surface area contributed by atoms with Crippen molar-refractivity contribution < 1.29 is 38.1 Å². The molecule has 0 aromatic heterocycles. The number of ketones is 2. The van der Waals surface area contributed by atoms with Crippen LogP contribution in [-0.2, 0) is 9.59 Å². The lowest BCUT2D eigenvalue weighted by Crippen LogP contribution is -2.59. The number of rotatable bonds is 6. The van der Waals surface area contributed by atoms with Crippen LogP contribution in [0.5, 0.6) is 28.7 Å². The third kappa shape index (κ3) is 3.90. The maximum atomic E-state index is 14.5. The fourth-order valence-electron chi connectivity index (χ4n) is 5.62. The summed E-state index contributed by atoms with van der Waals surface area (Å²) in [4.78, 5) is 41.3. The number of Topliss-reactive ketones (excluding diaryl/α,β-unsaturated/α-hetero) is 2. The van der Waals surface area contributed by atoms with E-state index in [0.29, 0.717) is 28.3 Å². The van der Waals surface area contributed by atoms with Gasteiger partial charge in [-0.15, -0.1) is 6.42 Å². The number of methoxy groups -OCH3 is 3. The van der Waals surface area contributed by atoms with Crippen molar-refractivity contribution in [2.24, 2.45) is 5.92 Å². The van der Waals surface area contributed by atoms with Gasteiger partial charge in [-0.3, -0.25) is 14.4 Å². The van der Waals surface area contributed by atoms with Gasteiger partial charge in [-0.1, -0.05) is 30.5 Å². The Morgan fingerprint density at radius 2 is 1.74 bits per heavy atom. The second-order valence-corrected chi connectivity index (χ2v) is 9.88. The fraction of sp³-hybridized carbons (Fsp3) is 0.345. The van der Waals surface area contributed by atoms with Crippen LogP contribution in [0, 0.1) is 18.3 Å². The molecule has 1 amide bonds. The molecule has 9 nitrogen and oxygen atoms in total. The van der Waals surface area contributed by atoms with Crippen LogP contribution in [0.2, 0.25) is 5.02 Å². The van der Waals surface area contributed by atoms with Crippen LogP contribution in [0.3, 0.4) is 0 Å². The van der Waals surface area contributed by atoms with E-state index in [0.717, 1.165) is 0 Å². The zero-order valence-electron chi connectivity index (χ0n) is 21.8. The van der Waals surface area contributed by atoms with Crippen molar-refractivity contribution in [2.45, 2.75) is 31.3 Å². The van der Waals surface area contributed by atoms with Crippen molar-refractivity contribution in [1.29, 1.82) is 0 Å². The Kier molecular flexibility index (Phi) is 6.69. The Balaban J connectivity index is 1.63. The summed E-state index contributed by atoms with van der Waals surface area (Å²) in [6.45, 7) is 1.74. The van der Waals surface area contributed by atoms with Crippen molar-refractivity contribution in [3.05, 3.63) is 51.7 Å². The number of amides is 1. The topological polar surface area (TPSA) is 109 Å². The minimum Gasteiger partial charge on any atom is -0.496 e. The van der Waals surface area contributed by atoms with E-state index in [1.165, 1.54) is 27.4 Å². The van der Waals surface area contributed by atoms with E-state index in [9.17, 15) is 14.4 Å². The van der Waals surface area contributed by atoms with E-state index in [1.54, 1.807) is 25.1 Å². The first kappa shape index (κ1) is 26.4. The third-order valence-corrected chi connectivity index (χ3v) is 7.82. The molecule has 2 aromatic carbocycles. The molecule has 0 bridgehead atoms. The van der Waals surface area contributed by atoms with Crippen molar-refractivity contribution in [3.8, 4) is 41.1 Å². The molecule has 1 aliphatic carbocycles. The van der Waals surface area contributed by atoms with Gasteiger partial charge >= 0.3 is 0 Å². The first-order chi connectivity index (χ1) is 18.7. The van der Waals surface area contributed by atoms with E-state index >= 15 is 0 Å².